The summed E-state index contributed by atoms with van der Waals surface area (Å²) >= 11 is 5.77. The first kappa shape index (κ1) is 11.6. The van der Waals surface area contributed by atoms with E-state index in [1.165, 1.54) is 6.33 Å². The van der Waals surface area contributed by atoms with E-state index in [9.17, 15) is 4.79 Å². The maximum atomic E-state index is 10.8. The van der Waals surface area contributed by atoms with E-state index in [4.69, 9.17) is 16.0 Å². The number of rotatable bonds is 4. The smallest absolute Gasteiger partial charge is 0.156 e. The van der Waals surface area contributed by atoms with Crippen LogP contribution in [-0.2, 0) is 6.54 Å². The number of furan rings is 1. The van der Waals surface area contributed by atoms with Gasteiger partial charge in [0.2, 0.25) is 0 Å². The number of hydrogen-bond acceptors (Lipinski definition) is 5. The standard InChI is InChI=1S/C11H10ClN3O2/c1-7-2-3-8(17-7)4-13-11-9(5-16)10(12)14-6-15-11/h2-3,5-6H,4H2,1H3,(H,13,14,15). The van der Waals surface area contributed by atoms with Crippen molar-refractivity contribution in [3.63, 3.8) is 0 Å². The molecule has 0 aliphatic rings. The van der Waals surface area contributed by atoms with Crippen molar-refractivity contribution in [1.29, 1.82) is 0 Å². The summed E-state index contributed by atoms with van der Waals surface area (Å²) in [5, 5.41) is 3.11. The molecular weight excluding hydrogens is 242 g/mol. The molecule has 0 aliphatic heterocycles. The van der Waals surface area contributed by atoms with Crippen LogP contribution in [0, 0.1) is 6.92 Å². The summed E-state index contributed by atoms with van der Waals surface area (Å²) in [5.41, 5.74) is 0.248. The van der Waals surface area contributed by atoms with Gasteiger partial charge in [-0.2, -0.15) is 0 Å². The summed E-state index contributed by atoms with van der Waals surface area (Å²) in [6.45, 7) is 2.30. The number of halogens is 1. The lowest BCUT2D eigenvalue weighted by atomic mass is 10.3. The van der Waals surface area contributed by atoms with E-state index in [-0.39, 0.29) is 10.7 Å². The van der Waals surface area contributed by atoms with Gasteiger partial charge in [0.15, 0.2) is 6.29 Å². The first-order valence-corrected chi connectivity index (χ1v) is 5.33. The predicted molar refractivity (Wildman–Crippen MR) is 63.2 cm³/mol. The molecule has 2 rings (SSSR count). The van der Waals surface area contributed by atoms with Crippen LogP contribution in [0.2, 0.25) is 5.15 Å². The molecule has 0 saturated heterocycles. The number of aromatic nitrogens is 2. The van der Waals surface area contributed by atoms with Crippen LogP contribution in [0.4, 0.5) is 5.82 Å². The molecular formula is C11H10ClN3O2. The van der Waals surface area contributed by atoms with Gasteiger partial charge in [0.1, 0.15) is 28.8 Å². The molecule has 0 spiro atoms. The molecule has 0 unspecified atom stereocenters. The Morgan fingerprint density at radius 3 is 2.94 bits per heavy atom. The average molecular weight is 252 g/mol. The third-order valence-electron chi connectivity index (χ3n) is 2.18. The van der Waals surface area contributed by atoms with Gasteiger partial charge in [-0.15, -0.1) is 0 Å². The summed E-state index contributed by atoms with van der Waals surface area (Å²) < 4.78 is 5.38. The van der Waals surface area contributed by atoms with Gasteiger partial charge in [-0.1, -0.05) is 11.6 Å². The Morgan fingerprint density at radius 2 is 2.29 bits per heavy atom. The Balaban J connectivity index is 2.14. The Bertz CT molecular complexity index is 539. The van der Waals surface area contributed by atoms with Crippen LogP contribution in [-0.4, -0.2) is 16.3 Å². The van der Waals surface area contributed by atoms with Crippen LogP contribution >= 0.6 is 11.6 Å². The molecule has 5 nitrogen and oxygen atoms in total. The van der Waals surface area contributed by atoms with E-state index in [1.54, 1.807) is 0 Å². The van der Waals surface area contributed by atoms with Crippen molar-refractivity contribution in [3.05, 3.63) is 40.7 Å². The number of aldehydes is 1. The van der Waals surface area contributed by atoms with E-state index in [0.717, 1.165) is 11.5 Å². The summed E-state index contributed by atoms with van der Waals surface area (Å²) in [6, 6.07) is 3.72. The molecule has 2 heterocycles. The molecule has 0 aliphatic carbocycles. The number of aryl methyl sites for hydroxylation is 1. The second kappa shape index (κ2) is 4.97. The largest absolute Gasteiger partial charge is 0.465 e. The maximum absolute atomic E-state index is 10.8. The highest BCUT2D eigenvalue weighted by molar-refractivity contribution is 6.32. The van der Waals surface area contributed by atoms with E-state index < -0.39 is 0 Å². The van der Waals surface area contributed by atoms with Crippen LogP contribution in [0.1, 0.15) is 21.9 Å². The minimum Gasteiger partial charge on any atom is -0.465 e. The number of carbonyl (C=O) groups excluding carboxylic acids is 1. The normalized spacial score (nSPS) is 10.2. The van der Waals surface area contributed by atoms with Crippen molar-refractivity contribution in [2.24, 2.45) is 0 Å². The van der Waals surface area contributed by atoms with Gasteiger partial charge in [0.05, 0.1) is 12.1 Å². The van der Waals surface area contributed by atoms with E-state index >= 15 is 0 Å². The molecule has 0 fully saturated rings. The van der Waals surface area contributed by atoms with Crippen molar-refractivity contribution < 1.29 is 9.21 Å². The monoisotopic (exact) mass is 251 g/mol. The first-order valence-electron chi connectivity index (χ1n) is 4.95. The topological polar surface area (TPSA) is 68.0 Å². The molecule has 0 bridgehead atoms. The van der Waals surface area contributed by atoms with Gasteiger partial charge in [-0.3, -0.25) is 4.79 Å². The Morgan fingerprint density at radius 1 is 1.47 bits per heavy atom. The number of hydrogen-bond donors (Lipinski definition) is 1. The third-order valence-corrected chi connectivity index (χ3v) is 2.48. The third kappa shape index (κ3) is 2.62. The number of carbonyl (C=O) groups is 1. The van der Waals surface area contributed by atoms with Crippen molar-refractivity contribution in [1.82, 2.24) is 9.97 Å². The van der Waals surface area contributed by atoms with Crippen molar-refractivity contribution >= 4 is 23.7 Å². The van der Waals surface area contributed by atoms with Crippen LogP contribution in [0.25, 0.3) is 0 Å². The van der Waals surface area contributed by atoms with Gasteiger partial charge >= 0.3 is 0 Å². The van der Waals surface area contributed by atoms with Gasteiger partial charge < -0.3 is 9.73 Å². The molecule has 88 valence electrons. The minimum atomic E-state index is 0.133. The minimum absolute atomic E-state index is 0.133. The fourth-order valence-electron chi connectivity index (χ4n) is 1.37. The van der Waals surface area contributed by atoms with E-state index in [0.29, 0.717) is 18.6 Å². The first-order chi connectivity index (χ1) is 8.20. The van der Waals surface area contributed by atoms with E-state index in [2.05, 4.69) is 15.3 Å². The molecule has 2 aromatic heterocycles. The zero-order valence-electron chi connectivity index (χ0n) is 9.11. The molecule has 0 saturated carbocycles. The Labute approximate surface area is 103 Å². The molecule has 2 aromatic rings. The SMILES string of the molecule is Cc1ccc(CNc2ncnc(Cl)c2C=O)o1. The van der Waals surface area contributed by atoms with E-state index in [1.807, 2.05) is 19.1 Å². The number of anilines is 1. The maximum Gasteiger partial charge on any atom is 0.156 e. The van der Waals surface area contributed by atoms with Gasteiger partial charge in [0.25, 0.3) is 0 Å². The summed E-state index contributed by atoms with van der Waals surface area (Å²) in [5.74, 6) is 1.99. The summed E-state index contributed by atoms with van der Waals surface area (Å²) in [4.78, 5) is 18.5. The average Bonchev–Trinajstić information content (AvgIpc) is 2.72. The fourth-order valence-corrected chi connectivity index (χ4v) is 1.55. The molecule has 0 aromatic carbocycles. The van der Waals surface area contributed by atoms with Crippen LogP contribution < -0.4 is 5.32 Å². The highest BCUT2D eigenvalue weighted by Gasteiger charge is 2.09. The second-order valence-electron chi connectivity index (χ2n) is 3.41. The van der Waals surface area contributed by atoms with Crippen LogP contribution in [0.5, 0.6) is 0 Å². The lowest BCUT2D eigenvalue weighted by Crippen LogP contribution is -2.05. The quantitative estimate of drug-likeness (QED) is 0.668. The molecule has 0 radical (unpaired) electrons. The Kier molecular flexibility index (Phi) is 3.39. The Hall–Kier alpha value is -1.88. The lowest BCUT2D eigenvalue weighted by Gasteiger charge is -2.06. The van der Waals surface area contributed by atoms with Gasteiger partial charge in [-0.05, 0) is 19.1 Å². The molecule has 0 amide bonds. The summed E-state index contributed by atoms with van der Waals surface area (Å²) in [7, 11) is 0. The fraction of sp³-hybridized carbons (Fsp3) is 0.182. The number of nitrogens with zero attached hydrogens (tertiary/aromatic N) is 2. The van der Waals surface area contributed by atoms with Crippen molar-refractivity contribution in [2.45, 2.75) is 13.5 Å². The molecule has 1 N–H and O–H groups in total. The van der Waals surface area contributed by atoms with Gasteiger partial charge in [0, 0.05) is 0 Å². The molecule has 6 heteroatoms. The zero-order chi connectivity index (χ0) is 12.3. The van der Waals surface area contributed by atoms with Crippen LogP contribution in [0.15, 0.2) is 22.9 Å². The highest BCUT2D eigenvalue weighted by Crippen LogP contribution is 2.18. The van der Waals surface area contributed by atoms with Gasteiger partial charge in [-0.25, -0.2) is 9.97 Å². The van der Waals surface area contributed by atoms with Crippen molar-refractivity contribution in [3.8, 4) is 0 Å². The lowest BCUT2D eigenvalue weighted by molar-refractivity contribution is 0.112. The molecule has 17 heavy (non-hydrogen) atoms. The number of nitrogens with one attached hydrogen (secondary N) is 1. The predicted octanol–water partition coefficient (Wildman–Crippen LogP) is 2.46. The van der Waals surface area contributed by atoms with Crippen LogP contribution in [0.3, 0.4) is 0 Å². The summed E-state index contributed by atoms with van der Waals surface area (Å²) in [6.07, 6.45) is 1.92. The highest BCUT2D eigenvalue weighted by atomic mass is 35.5. The molecule has 0 atom stereocenters. The van der Waals surface area contributed by atoms with Crippen molar-refractivity contribution in [2.75, 3.05) is 5.32 Å². The zero-order valence-corrected chi connectivity index (χ0v) is 9.86. The second-order valence-corrected chi connectivity index (χ2v) is 3.77.